The lowest BCUT2D eigenvalue weighted by atomic mass is 9.92. The highest BCUT2D eigenvalue weighted by atomic mass is 16.2. The Kier molecular flexibility index (Phi) is 3.41. The largest absolute Gasteiger partial charge is 0.341 e. The summed E-state index contributed by atoms with van der Waals surface area (Å²) in [6, 6.07) is 0.196. The van der Waals surface area contributed by atoms with E-state index < -0.39 is 0 Å². The molecule has 0 radical (unpaired) electrons. The SMILES string of the molecule is N[C@H]1CCCN(C(=O)[C@@H]2CC=CCC2)C1. The summed E-state index contributed by atoms with van der Waals surface area (Å²) >= 11 is 0. The van der Waals surface area contributed by atoms with Gasteiger partial charge in [-0.05, 0) is 32.1 Å². The Labute approximate surface area is 91.3 Å². The van der Waals surface area contributed by atoms with Crippen LogP contribution in [0.1, 0.15) is 32.1 Å². The number of amides is 1. The van der Waals surface area contributed by atoms with Crippen LogP contribution in [0.2, 0.25) is 0 Å². The molecule has 3 heteroatoms. The first-order valence-electron chi connectivity index (χ1n) is 5.97. The van der Waals surface area contributed by atoms with Crippen molar-refractivity contribution in [2.24, 2.45) is 11.7 Å². The first-order chi connectivity index (χ1) is 7.27. The Balaban J connectivity index is 1.91. The molecule has 2 N–H and O–H groups in total. The molecule has 2 aliphatic rings. The maximum atomic E-state index is 12.1. The lowest BCUT2D eigenvalue weighted by Crippen LogP contribution is -2.47. The topological polar surface area (TPSA) is 46.3 Å². The number of carbonyl (C=O) groups excluding carboxylic acids is 1. The molecule has 0 unspecified atom stereocenters. The second-order valence-corrected chi connectivity index (χ2v) is 4.67. The van der Waals surface area contributed by atoms with Crippen molar-refractivity contribution < 1.29 is 4.79 Å². The molecule has 0 bridgehead atoms. The van der Waals surface area contributed by atoms with Gasteiger partial charge in [-0.2, -0.15) is 0 Å². The van der Waals surface area contributed by atoms with Crippen molar-refractivity contribution in [1.82, 2.24) is 4.90 Å². The van der Waals surface area contributed by atoms with Crippen LogP contribution >= 0.6 is 0 Å². The monoisotopic (exact) mass is 208 g/mol. The molecule has 1 saturated heterocycles. The molecule has 1 amide bonds. The minimum absolute atomic E-state index is 0.196. The number of allylic oxidation sites excluding steroid dienone is 2. The lowest BCUT2D eigenvalue weighted by molar-refractivity contribution is -0.137. The molecule has 0 aromatic heterocycles. The minimum atomic E-state index is 0.196. The number of likely N-dealkylation sites (tertiary alicyclic amines) is 1. The van der Waals surface area contributed by atoms with E-state index in [2.05, 4.69) is 12.2 Å². The Bertz CT molecular complexity index is 262. The van der Waals surface area contributed by atoms with Crippen molar-refractivity contribution in [2.45, 2.75) is 38.1 Å². The van der Waals surface area contributed by atoms with Crippen LogP contribution in [0.4, 0.5) is 0 Å². The molecule has 0 aromatic carbocycles. The molecular weight excluding hydrogens is 188 g/mol. The zero-order valence-corrected chi connectivity index (χ0v) is 9.19. The number of nitrogens with two attached hydrogens (primary N) is 1. The maximum absolute atomic E-state index is 12.1. The van der Waals surface area contributed by atoms with E-state index in [-0.39, 0.29) is 12.0 Å². The van der Waals surface area contributed by atoms with Gasteiger partial charge in [0.1, 0.15) is 0 Å². The van der Waals surface area contributed by atoms with E-state index >= 15 is 0 Å². The highest BCUT2D eigenvalue weighted by Crippen LogP contribution is 2.22. The molecule has 3 nitrogen and oxygen atoms in total. The quantitative estimate of drug-likeness (QED) is 0.660. The second kappa shape index (κ2) is 4.79. The fourth-order valence-corrected chi connectivity index (χ4v) is 2.49. The molecule has 1 aliphatic carbocycles. The molecule has 2 atom stereocenters. The molecule has 2 rings (SSSR count). The van der Waals surface area contributed by atoms with Gasteiger partial charge < -0.3 is 10.6 Å². The van der Waals surface area contributed by atoms with Crippen molar-refractivity contribution >= 4 is 5.91 Å². The highest BCUT2D eigenvalue weighted by Gasteiger charge is 2.27. The smallest absolute Gasteiger partial charge is 0.226 e. The van der Waals surface area contributed by atoms with Gasteiger partial charge in [0.15, 0.2) is 0 Å². The summed E-state index contributed by atoms with van der Waals surface area (Å²) in [6.07, 6.45) is 9.42. The van der Waals surface area contributed by atoms with Gasteiger partial charge in [0.2, 0.25) is 5.91 Å². The first kappa shape index (κ1) is 10.7. The third-order valence-corrected chi connectivity index (χ3v) is 3.39. The number of rotatable bonds is 1. The Morgan fingerprint density at radius 2 is 2.20 bits per heavy atom. The first-order valence-corrected chi connectivity index (χ1v) is 5.97. The molecule has 0 aromatic rings. The Morgan fingerprint density at radius 1 is 1.33 bits per heavy atom. The number of nitrogens with zero attached hydrogens (tertiary/aromatic N) is 1. The van der Waals surface area contributed by atoms with Gasteiger partial charge in [-0.3, -0.25) is 4.79 Å². The van der Waals surface area contributed by atoms with Gasteiger partial charge >= 0.3 is 0 Å². The van der Waals surface area contributed by atoms with E-state index in [4.69, 9.17) is 5.73 Å². The predicted molar refractivity (Wildman–Crippen MR) is 60.3 cm³/mol. The molecule has 1 fully saturated rings. The number of piperidine rings is 1. The van der Waals surface area contributed by atoms with Gasteiger partial charge in [0, 0.05) is 25.0 Å². The third kappa shape index (κ3) is 2.59. The van der Waals surface area contributed by atoms with Crippen LogP contribution in [-0.4, -0.2) is 29.9 Å². The van der Waals surface area contributed by atoms with Crippen LogP contribution in [-0.2, 0) is 4.79 Å². The molecule has 1 aliphatic heterocycles. The standard InChI is InChI=1S/C12H20N2O/c13-11-7-4-8-14(9-11)12(15)10-5-2-1-3-6-10/h1-2,10-11H,3-9,13H2/t10-,11+/m1/s1. The van der Waals surface area contributed by atoms with Gasteiger partial charge in [0.25, 0.3) is 0 Å². The predicted octanol–water partition coefficient (Wildman–Crippen LogP) is 1.29. The van der Waals surface area contributed by atoms with Crippen LogP contribution < -0.4 is 5.73 Å². The van der Waals surface area contributed by atoms with Crippen LogP contribution in [0.5, 0.6) is 0 Å². The van der Waals surface area contributed by atoms with Crippen molar-refractivity contribution in [3.63, 3.8) is 0 Å². The number of hydrogen-bond donors (Lipinski definition) is 1. The van der Waals surface area contributed by atoms with E-state index in [1.54, 1.807) is 0 Å². The third-order valence-electron chi connectivity index (χ3n) is 3.39. The summed E-state index contributed by atoms with van der Waals surface area (Å²) in [4.78, 5) is 14.1. The molecular formula is C12H20N2O. The Hall–Kier alpha value is -0.830. The molecule has 1 heterocycles. The normalized spacial score (nSPS) is 31.7. The summed E-state index contributed by atoms with van der Waals surface area (Å²) in [5.74, 6) is 0.551. The lowest BCUT2D eigenvalue weighted by Gasteiger charge is -2.33. The molecule has 84 valence electrons. The van der Waals surface area contributed by atoms with E-state index in [1.165, 1.54) is 0 Å². The van der Waals surface area contributed by atoms with Gasteiger partial charge in [-0.25, -0.2) is 0 Å². The molecule has 15 heavy (non-hydrogen) atoms. The Morgan fingerprint density at radius 3 is 2.87 bits per heavy atom. The average molecular weight is 208 g/mol. The zero-order valence-electron chi connectivity index (χ0n) is 9.19. The van der Waals surface area contributed by atoms with Crippen LogP contribution in [0.15, 0.2) is 12.2 Å². The van der Waals surface area contributed by atoms with Crippen LogP contribution in [0.3, 0.4) is 0 Å². The van der Waals surface area contributed by atoms with Crippen LogP contribution in [0, 0.1) is 5.92 Å². The highest BCUT2D eigenvalue weighted by molar-refractivity contribution is 5.79. The molecule has 0 spiro atoms. The van der Waals surface area contributed by atoms with E-state index in [1.807, 2.05) is 4.90 Å². The number of hydrogen-bond acceptors (Lipinski definition) is 2. The van der Waals surface area contributed by atoms with Crippen molar-refractivity contribution in [3.8, 4) is 0 Å². The number of carbonyl (C=O) groups is 1. The van der Waals surface area contributed by atoms with Crippen LogP contribution in [0.25, 0.3) is 0 Å². The van der Waals surface area contributed by atoms with Crippen molar-refractivity contribution in [1.29, 1.82) is 0 Å². The van der Waals surface area contributed by atoms with E-state index in [9.17, 15) is 4.79 Å². The summed E-state index contributed by atoms with van der Waals surface area (Å²) in [5, 5.41) is 0. The summed E-state index contributed by atoms with van der Waals surface area (Å²) < 4.78 is 0. The van der Waals surface area contributed by atoms with E-state index in [0.717, 1.165) is 45.2 Å². The maximum Gasteiger partial charge on any atom is 0.226 e. The molecule has 0 saturated carbocycles. The van der Waals surface area contributed by atoms with Crippen molar-refractivity contribution in [2.75, 3.05) is 13.1 Å². The zero-order chi connectivity index (χ0) is 10.7. The van der Waals surface area contributed by atoms with Gasteiger partial charge in [-0.15, -0.1) is 0 Å². The fraction of sp³-hybridized carbons (Fsp3) is 0.750. The fourth-order valence-electron chi connectivity index (χ4n) is 2.49. The van der Waals surface area contributed by atoms with Crippen molar-refractivity contribution in [3.05, 3.63) is 12.2 Å². The summed E-state index contributed by atoms with van der Waals surface area (Å²) in [7, 11) is 0. The van der Waals surface area contributed by atoms with Gasteiger partial charge in [0.05, 0.1) is 0 Å². The summed E-state index contributed by atoms with van der Waals surface area (Å²) in [6.45, 7) is 1.67. The summed E-state index contributed by atoms with van der Waals surface area (Å²) in [5.41, 5.74) is 5.88. The average Bonchev–Trinajstić information content (AvgIpc) is 2.29. The second-order valence-electron chi connectivity index (χ2n) is 4.67. The minimum Gasteiger partial charge on any atom is -0.341 e. The van der Waals surface area contributed by atoms with Gasteiger partial charge in [-0.1, -0.05) is 12.2 Å². The van der Waals surface area contributed by atoms with E-state index in [0.29, 0.717) is 5.91 Å².